The van der Waals surface area contributed by atoms with E-state index in [1.807, 2.05) is 19.9 Å². The second-order valence-corrected chi connectivity index (χ2v) is 5.57. The van der Waals surface area contributed by atoms with Crippen molar-refractivity contribution < 1.29 is 9.90 Å². The zero-order valence-electron chi connectivity index (χ0n) is 12.1. The van der Waals surface area contributed by atoms with Crippen LogP contribution in [0.15, 0.2) is 6.07 Å². The van der Waals surface area contributed by atoms with E-state index in [9.17, 15) is 15.2 Å². The summed E-state index contributed by atoms with van der Waals surface area (Å²) in [6.45, 7) is 6.41. The molecule has 0 aromatic carbocycles. The summed E-state index contributed by atoms with van der Waals surface area (Å²) in [5.41, 5.74) is 2.13. The van der Waals surface area contributed by atoms with Crippen LogP contribution in [0.4, 0.5) is 5.82 Å². The number of hydrogen-bond donors (Lipinski definition) is 1. The van der Waals surface area contributed by atoms with Gasteiger partial charge in [0.05, 0.1) is 5.56 Å². The molecule has 2 atom stereocenters. The van der Waals surface area contributed by atoms with Crippen molar-refractivity contribution in [2.75, 3.05) is 11.4 Å². The minimum atomic E-state index is -0.846. The van der Waals surface area contributed by atoms with Crippen molar-refractivity contribution in [2.45, 2.75) is 39.7 Å². The van der Waals surface area contributed by atoms with Crippen molar-refractivity contribution in [3.63, 3.8) is 0 Å². The Hall–Kier alpha value is -2.09. The summed E-state index contributed by atoms with van der Waals surface area (Å²) in [6, 6.07) is 3.42. The van der Waals surface area contributed by atoms with Crippen LogP contribution in [0.3, 0.4) is 0 Å². The molecule has 5 heteroatoms. The molecule has 2 rings (SSSR count). The van der Waals surface area contributed by atoms with Crippen LogP contribution < -0.4 is 4.90 Å². The predicted molar refractivity (Wildman–Crippen MR) is 75.6 cm³/mol. The topological polar surface area (TPSA) is 77.2 Å². The Kier molecular flexibility index (Phi) is 3.93. The van der Waals surface area contributed by atoms with Crippen LogP contribution >= 0.6 is 0 Å². The van der Waals surface area contributed by atoms with E-state index in [2.05, 4.69) is 18.0 Å². The van der Waals surface area contributed by atoms with Crippen molar-refractivity contribution in [2.24, 2.45) is 5.92 Å². The third-order valence-electron chi connectivity index (χ3n) is 3.86. The van der Waals surface area contributed by atoms with Gasteiger partial charge in [0.25, 0.3) is 0 Å². The molecule has 2 unspecified atom stereocenters. The van der Waals surface area contributed by atoms with Crippen molar-refractivity contribution in [3.8, 4) is 6.07 Å². The van der Waals surface area contributed by atoms with E-state index in [-0.39, 0.29) is 0 Å². The van der Waals surface area contributed by atoms with Crippen LogP contribution in [0, 0.1) is 31.1 Å². The highest BCUT2D eigenvalue weighted by Gasteiger charge is 2.34. The molecule has 0 amide bonds. The molecule has 0 aliphatic carbocycles. The number of pyridine rings is 1. The number of nitrogens with zero attached hydrogens (tertiary/aromatic N) is 3. The Bertz CT molecular complexity index is 577. The SMILES string of the molecule is Cc1cc(C)c(C#N)c(N2CCC(C)CC2C(=O)O)n1. The summed E-state index contributed by atoms with van der Waals surface area (Å²) < 4.78 is 0. The molecule has 1 saturated heterocycles. The van der Waals surface area contributed by atoms with Gasteiger partial charge in [0.2, 0.25) is 0 Å². The molecule has 1 aromatic rings. The standard InChI is InChI=1S/C15H19N3O2/c1-9-4-5-18(13(6-9)15(19)20)14-12(8-16)10(2)7-11(3)17-14/h7,9,13H,4-6H2,1-3H3,(H,19,20). The van der Waals surface area contributed by atoms with Gasteiger partial charge >= 0.3 is 5.97 Å². The van der Waals surface area contributed by atoms with E-state index < -0.39 is 12.0 Å². The average molecular weight is 273 g/mol. The highest BCUT2D eigenvalue weighted by molar-refractivity contribution is 5.79. The van der Waals surface area contributed by atoms with Gasteiger partial charge in [-0.1, -0.05) is 6.92 Å². The molecule has 5 nitrogen and oxygen atoms in total. The number of piperidine rings is 1. The maximum Gasteiger partial charge on any atom is 0.326 e. The predicted octanol–water partition coefficient (Wildman–Crippen LogP) is 2.26. The van der Waals surface area contributed by atoms with E-state index in [4.69, 9.17) is 0 Å². The highest BCUT2D eigenvalue weighted by Crippen LogP contribution is 2.30. The smallest absolute Gasteiger partial charge is 0.326 e. The minimum absolute atomic E-state index is 0.379. The van der Waals surface area contributed by atoms with E-state index in [1.165, 1.54) is 0 Å². The second-order valence-electron chi connectivity index (χ2n) is 5.57. The van der Waals surface area contributed by atoms with E-state index in [1.54, 1.807) is 4.90 Å². The quantitative estimate of drug-likeness (QED) is 0.894. The van der Waals surface area contributed by atoms with Gasteiger partial charge in [0, 0.05) is 12.2 Å². The van der Waals surface area contributed by atoms with Crippen LogP contribution in [0.2, 0.25) is 0 Å². The van der Waals surface area contributed by atoms with Crippen LogP contribution in [0.1, 0.15) is 36.6 Å². The summed E-state index contributed by atoms with van der Waals surface area (Å²) in [5.74, 6) is 0.0505. The first-order chi connectivity index (χ1) is 9.43. The fourth-order valence-electron chi connectivity index (χ4n) is 2.79. The largest absolute Gasteiger partial charge is 0.480 e. The van der Waals surface area contributed by atoms with Crippen molar-refractivity contribution in [1.29, 1.82) is 5.26 Å². The number of anilines is 1. The molecule has 0 saturated carbocycles. The fourth-order valence-corrected chi connectivity index (χ4v) is 2.79. The van der Waals surface area contributed by atoms with Gasteiger partial charge in [-0.2, -0.15) is 5.26 Å². The summed E-state index contributed by atoms with van der Waals surface area (Å²) in [7, 11) is 0. The zero-order chi connectivity index (χ0) is 14.9. The Morgan fingerprint density at radius 2 is 2.25 bits per heavy atom. The van der Waals surface area contributed by atoms with E-state index in [0.717, 1.165) is 17.7 Å². The number of aryl methyl sites for hydroxylation is 2. The van der Waals surface area contributed by atoms with Gasteiger partial charge in [-0.25, -0.2) is 9.78 Å². The first-order valence-electron chi connectivity index (χ1n) is 6.81. The molecule has 0 radical (unpaired) electrons. The number of carboxylic acids is 1. The Morgan fingerprint density at radius 3 is 2.85 bits per heavy atom. The molecule has 1 fully saturated rings. The summed E-state index contributed by atoms with van der Waals surface area (Å²) >= 11 is 0. The lowest BCUT2D eigenvalue weighted by molar-refractivity contribution is -0.139. The third kappa shape index (κ3) is 2.60. The minimum Gasteiger partial charge on any atom is -0.480 e. The lowest BCUT2D eigenvalue weighted by Gasteiger charge is -2.37. The summed E-state index contributed by atoms with van der Waals surface area (Å²) in [5, 5.41) is 18.8. The van der Waals surface area contributed by atoms with Crippen LogP contribution in [-0.2, 0) is 4.79 Å². The van der Waals surface area contributed by atoms with Gasteiger partial charge in [0.1, 0.15) is 17.9 Å². The van der Waals surface area contributed by atoms with Gasteiger partial charge in [-0.3, -0.25) is 0 Å². The number of carbonyl (C=O) groups is 1. The Morgan fingerprint density at radius 1 is 1.55 bits per heavy atom. The molecule has 20 heavy (non-hydrogen) atoms. The first kappa shape index (κ1) is 14.3. The van der Waals surface area contributed by atoms with Crippen LogP contribution in [-0.4, -0.2) is 28.6 Å². The van der Waals surface area contributed by atoms with Crippen molar-refractivity contribution in [1.82, 2.24) is 4.98 Å². The number of aromatic nitrogens is 1. The van der Waals surface area contributed by atoms with Gasteiger partial charge in [-0.15, -0.1) is 0 Å². The lowest BCUT2D eigenvalue weighted by atomic mass is 9.92. The average Bonchev–Trinajstić information content (AvgIpc) is 2.37. The molecule has 0 spiro atoms. The third-order valence-corrected chi connectivity index (χ3v) is 3.86. The van der Waals surface area contributed by atoms with Crippen molar-refractivity contribution >= 4 is 11.8 Å². The van der Waals surface area contributed by atoms with Gasteiger partial charge in [0.15, 0.2) is 0 Å². The molecule has 1 aliphatic rings. The molecular formula is C15H19N3O2. The monoisotopic (exact) mass is 273 g/mol. The molecule has 1 aliphatic heterocycles. The summed E-state index contributed by atoms with van der Waals surface area (Å²) in [4.78, 5) is 17.7. The molecule has 1 N–H and O–H groups in total. The number of aliphatic carboxylic acids is 1. The highest BCUT2D eigenvalue weighted by atomic mass is 16.4. The van der Waals surface area contributed by atoms with Gasteiger partial charge < -0.3 is 10.0 Å². The van der Waals surface area contributed by atoms with Crippen molar-refractivity contribution in [3.05, 3.63) is 22.9 Å². The number of nitriles is 1. The number of rotatable bonds is 2. The van der Waals surface area contributed by atoms with Crippen LogP contribution in [0.5, 0.6) is 0 Å². The Balaban J connectivity index is 2.49. The fraction of sp³-hybridized carbons (Fsp3) is 0.533. The normalized spacial score (nSPS) is 22.4. The zero-order valence-corrected chi connectivity index (χ0v) is 12.1. The Labute approximate surface area is 118 Å². The second kappa shape index (κ2) is 5.49. The van der Waals surface area contributed by atoms with E-state index in [0.29, 0.717) is 30.3 Å². The molecule has 0 bridgehead atoms. The number of hydrogen-bond acceptors (Lipinski definition) is 4. The van der Waals surface area contributed by atoms with Gasteiger partial charge in [-0.05, 0) is 44.2 Å². The maximum absolute atomic E-state index is 11.5. The van der Waals surface area contributed by atoms with Crippen LogP contribution in [0.25, 0.3) is 0 Å². The molecule has 2 heterocycles. The maximum atomic E-state index is 11.5. The number of carboxylic acid groups (broad SMARTS) is 1. The van der Waals surface area contributed by atoms with E-state index >= 15 is 0 Å². The first-order valence-corrected chi connectivity index (χ1v) is 6.81. The molecular weight excluding hydrogens is 254 g/mol. The lowest BCUT2D eigenvalue weighted by Crippen LogP contribution is -2.47. The summed E-state index contributed by atoms with van der Waals surface area (Å²) in [6.07, 6.45) is 1.51. The molecule has 106 valence electrons. The molecule has 1 aromatic heterocycles.